The van der Waals surface area contributed by atoms with Crippen molar-refractivity contribution in [3.8, 4) is 5.75 Å². The highest BCUT2D eigenvalue weighted by molar-refractivity contribution is 7.92. The fourth-order valence-electron chi connectivity index (χ4n) is 3.46. The molecule has 0 fully saturated rings. The molecule has 8 heteroatoms. The van der Waals surface area contributed by atoms with Crippen molar-refractivity contribution in [1.82, 2.24) is 0 Å². The summed E-state index contributed by atoms with van der Waals surface area (Å²) in [6.45, 7) is 0.324. The zero-order valence-electron chi connectivity index (χ0n) is 16.1. The molecular weight excluding hydrogens is 407 g/mol. The van der Waals surface area contributed by atoms with Crippen LogP contribution in [0.1, 0.15) is 15.9 Å². The molecule has 0 spiro atoms. The van der Waals surface area contributed by atoms with Gasteiger partial charge in [0.05, 0.1) is 28.9 Å². The summed E-state index contributed by atoms with van der Waals surface area (Å²) >= 11 is 0. The molecular formula is C22H19FN2O4S. The van der Waals surface area contributed by atoms with Crippen LogP contribution in [-0.2, 0) is 16.4 Å². The Morgan fingerprint density at radius 2 is 1.80 bits per heavy atom. The van der Waals surface area contributed by atoms with Gasteiger partial charge in [-0.15, -0.1) is 0 Å². The van der Waals surface area contributed by atoms with Crippen molar-refractivity contribution in [2.75, 3.05) is 23.3 Å². The monoisotopic (exact) mass is 426 g/mol. The van der Waals surface area contributed by atoms with Crippen molar-refractivity contribution in [3.63, 3.8) is 0 Å². The highest BCUT2D eigenvalue weighted by Gasteiger charge is 2.31. The Morgan fingerprint density at radius 1 is 1.07 bits per heavy atom. The normalized spacial score (nSPS) is 13.1. The van der Waals surface area contributed by atoms with E-state index >= 15 is 0 Å². The summed E-state index contributed by atoms with van der Waals surface area (Å²) in [6.07, 6.45) is 0.617. The number of hydrogen-bond acceptors (Lipinski definition) is 4. The molecule has 154 valence electrons. The number of carbonyl (C=O) groups excluding carboxylic acids is 1. The number of anilines is 2. The lowest BCUT2D eigenvalue weighted by Gasteiger charge is -2.20. The maximum atomic E-state index is 13.9. The minimum atomic E-state index is -3.89. The van der Waals surface area contributed by atoms with E-state index in [-0.39, 0.29) is 21.9 Å². The highest BCUT2D eigenvalue weighted by Crippen LogP contribution is 2.34. The fraction of sp³-hybridized carbons (Fsp3) is 0.136. The van der Waals surface area contributed by atoms with Crippen molar-refractivity contribution in [3.05, 3.63) is 83.7 Å². The van der Waals surface area contributed by atoms with E-state index in [4.69, 9.17) is 4.74 Å². The van der Waals surface area contributed by atoms with Crippen molar-refractivity contribution >= 4 is 27.3 Å². The van der Waals surface area contributed by atoms with Crippen LogP contribution < -0.4 is 14.4 Å². The van der Waals surface area contributed by atoms with E-state index in [1.807, 2.05) is 12.1 Å². The number of benzene rings is 3. The number of hydrogen-bond donors (Lipinski definition) is 1. The van der Waals surface area contributed by atoms with Gasteiger partial charge < -0.3 is 10.1 Å². The van der Waals surface area contributed by atoms with Gasteiger partial charge in [-0.2, -0.15) is 0 Å². The van der Waals surface area contributed by atoms with Gasteiger partial charge in [-0.25, -0.2) is 12.8 Å². The van der Waals surface area contributed by atoms with Crippen molar-refractivity contribution in [1.29, 1.82) is 0 Å². The van der Waals surface area contributed by atoms with Gasteiger partial charge in [0.15, 0.2) is 0 Å². The molecule has 3 aromatic rings. The summed E-state index contributed by atoms with van der Waals surface area (Å²) in [5, 5.41) is 2.46. The largest absolute Gasteiger partial charge is 0.496 e. The lowest BCUT2D eigenvalue weighted by molar-refractivity contribution is 0.102. The van der Waals surface area contributed by atoms with Crippen molar-refractivity contribution in [2.24, 2.45) is 0 Å². The standard InChI is InChI=1S/C22H19FN2O4S/c1-29-21-11-10-16(14-17(21)22(26)24-19-8-4-3-7-18(19)23)30(27,28)25-13-12-15-6-2-5-9-20(15)25/h2-11,14H,12-13H2,1H3,(H,24,26). The van der Waals surface area contributed by atoms with Crippen LogP contribution in [0, 0.1) is 5.82 Å². The van der Waals surface area contributed by atoms with Gasteiger partial charge in [0, 0.05) is 6.54 Å². The third-order valence-electron chi connectivity index (χ3n) is 4.97. The zero-order valence-corrected chi connectivity index (χ0v) is 16.9. The molecule has 0 saturated heterocycles. The predicted molar refractivity (Wildman–Crippen MR) is 112 cm³/mol. The maximum absolute atomic E-state index is 13.9. The molecule has 0 aliphatic carbocycles. The first kappa shape index (κ1) is 19.9. The average Bonchev–Trinajstić information content (AvgIpc) is 3.20. The molecule has 0 aromatic heterocycles. The summed E-state index contributed by atoms with van der Waals surface area (Å²) in [5.41, 5.74) is 1.57. The Balaban J connectivity index is 1.71. The Bertz CT molecular complexity index is 1230. The summed E-state index contributed by atoms with van der Waals surface area (Å²) < 4.78 is 47.0. The molecule has 0 unspecified atom stereocenters. The van der Waals surface area contributed by atoms with Crippen LogP contribution in [0.5, 0.6) is 5.75 Å². The molecule has 1 amide bonds. The third kappa shape index (κ3) is 3.50. The lowest BCUT2D eigenvalue weighted by atomic mass is 10.2. The molecule has 1 heterocycles. The number of carbonyl (C=O) groups is 1. The highest BCUT2D eigenvalue weighted by atomic mass is 32.2. The second kappa shape index (κ2) is 7.79. The number of ether oxygens (including phenoxy) is 1. The van der Waals surface area contributed by atoms with E-state index in [1.165, 1.54) is 47.8 Å². The van der Waals surface area contributed by atoms with Gasteiger partial charge >= 0.3 is 0 Å². The maximum Gasteiger partial charge on any atom is 0.264 e. The molecule has 3 aromatic carbocycles. The summed E-state index contributed by atoms with van der Waals surface area (Å²) in [5.74, 6) is -1.08. The Morgan fingerprint density at radius 3 is 2.57 bits per heavy atom. The van der Waals surface area contributed by atoms with Gasteiger partial charge in [0.2, 0.25) is 0 Å². The molecule has 0 saturated carbocycles. The van der Waals surface area contributed by atoms with E-state index in [9.17, 15) is 17.6 Å². The summed E-state index contributed by atoms with van der Waals surface area (Å²) in [4.78, 5) is 12.7. The van der Waals surface area contributed by atoms with Gasteiger partial charge in [0.25, 0.3) is 15.9 Å². The van der Waals surface area contributed by atoms with Crippen LogP contribution in [-0.4, -0.2) is 28.0 Å². The lowest BCUT2D eigenvalue weighted by Crippen LogP contribution is -2.29. The van der Waals surface area contributed by atoms with E-state index in [0.717, 1.165) is 5.56 Å². The second-order valence-corrected chi connectivity index (χ2v) is 8.61. The SMILES string of the molecule is COc1ccc(S(=O)(=O)N2CCc3ccccc32)cc1C(=O)Nc1ccccc1F. The first-order chi connectivity index (χ1) is 14.4. The number of halogens is 1. The van der Waals surface area contributed by atoms with Gasteiger partial charge in [-0.05, 0) is 48.4 Å². The smallest absolute Gasteiger partial charge is 0.264 e. The predicted octanol–water partition coefficient (Wildman–Crippen LogP) is 3.84. The van der Waals surface area contributed by atoms with E-state index in [1.54, 1.807) is 18.2 Å². The van der Waals surface area contributed by atoms with Crippen LogP contribution in [0.15, 0.2) is 71.6 Å². The Hall–Kier alpha value is -3.39. The van der Waals surface area contributed by atoms with Crippen LogP contribution in [0.4, 0.5) is 15.8 Å². The summed E-state index contributed by atoms with van der Waals surface area (Å²) in [6, 6.07) is 17.1. The topological polar surface area (TPSA) is 75.7 Å². The van der Waals surface area contributed by atoms with Crippen LogP contribution in [0.2, 0.25) is 0 Å². The molecule has 1 aliphatic heterocycles. The molecule has 4 rings (SSSR count). The number of methoxy groups -OCH3 is 1. The average molecular weight is 426 g/mol. The second-order valence-electron chi connectivity index (χ2n) is 6.75. The van der Waals surface area contributed by atoms with Gasteiger partial charge in [-0.1, -0.05) is 30.3 Å². The molecule has 0 bridgehead atoms. The van der Waals surface area contributed by atoms with E-state index in [0.29, 0.717) is 18.7 Å². The van der Waals surface area contributed by atoms with Crippen LogP contribution >= 0.6 is 0 Å². The number of para-hydroxylation sites is 2. The third-order valence-corrected chi connectivity index (χ3v) is 6.78. The summed E-state index contributed by atoms with van der Waals surface area (Å²) in [7, 11) is -2.52. The van der Waals surface area contributed by atoms with Crippen molar-refractivity contribution in [2.45, 2.75) is 11.3 Å². The number of amides is 1. The molecule has 1 N–H and O–H groups in total. The quantitative estimate of drug-likeness (QED) is 0.673. The Labute approximate surface area is 174 Å². The molecule has 0 atom stereocenters. The van der Waals surface area contributed by atoms with Crippen LogP contribution in [0.25, 0.3) is 0 Å². The van der Waals surface area contributed by atoms with E-state index in [2.05, 4.69) is 5.32 Å². The molecule has 1 aliphatic rings. The van der Waals surface area contributed by atoms with Crippen molar-refractivity contribution < 1.29 is 22.3 Å². The zero-order chi connectivity index (χ0) is 21.3. The molecule has 0 radical (unpaired) electrons. The molecule has 30 heavy (non-hydrogen) atoms. The fourth-order valence-corrected chi connectivity index (χ4v) is 4.99. The number of fused-ring (bicyclic) bond motifs is 1. The first-order valence-electron chi connectivity index (χ1n) is 9.26. The van der Waals surface area contributed by atoms with E-state index < -0.39 is 21.7 Å². The minimum Gasteiger partial charge on any atom is -0.496 e. The number of sulfonamides is 1. The minimum absolute atomic E-state index is 0.00527. The molecule has 6 nitrogen and oxygen atoms in total. The first-order valence-corrected chi connectivity index (χ1v) is 10.7. The van der Waals surface area contributed by atoms with Crippen LogP contribution in [0.3, 0.4) is 0 Å². The number of rotatable bonds is 5. The van der Waals surface area contributed by atoms with Gasteiger partial charge in [0.1, 0.15) is 11.6 Å². The van der Waals surface area contributed by atoms with Gasteiger partial charge in [-0.3, -0.25) is 9.10 Å². The number of nitrogens with zero attached hydrogens (tertiary/aromatic N) is 1. The Kier molecular flexibility index (Phi) is 5.17. The number of nitrogens with one attached hydrogen (secondary N) is 1.